The van der Waals surface area contributed by atoms with E-state index >= 15 is 0 Å². The average Bonchev–Trinajstić information content (AvgIpc) is 2.84. The van der Waals surface area contributed by atoms with E-state index in [1.807, 2.05) is 80.3 Å². The molecule has 1 aliphatic rings. The van der Waals surface area contributed by atoms with Crippen LogP contribution in [0.25, 0.3) is 11.1 Å². The Hall–Kier alpha value is -3.60. The number of amides is 2. The van der Waals surface area contributed by atoms with Gasteiger partial charge in [-0.05, 0) is 73.7 Å². The molecule has 0 bridgehead atoms. The minimum atomic E-state index is -0.367. The minimum absolute atomic E-state index is 0.0685. The lowest BCUT2D eigenvalue weighted by Gasteiger charge is -2.42. The van der Waals surface area contributed by atoms with E-state index in [2.05, 4.69) is 12.1 Å². The molecule has 1 unspecified atom stereocenters. The van der Waals surface area contributed by atoms with Crippen molar-refractivity contribution in [1.29, 1.82) is 0 Å². The van der Waals surface area contributed by atoms with E-state index in [1.54, 1.807) is 11.8 Å². The van der Waals surface area contributed by atoms with Gasteiger partial charge in [0.25, 0.3) is 5.91 Å². The van der Waals surface area contributed by atoms with Gasteiger partial charge in [0, 0.05) is 12.1 Å². The molecule has 0 aromatic heterocycles. The van der Waals surface area contributed by atoms with Crippen molar-refractivity contribution < 1.29 is 14.3 Å². The number of hydrogen-bond acceptors (Lipinski definition) is 3. The van der Waals surface area contributed by atoms with Crippen LogP contribution in [0, 0.1) is 13.8 Å². The molecule has 1 aliphatic heterocycles. The third kappa shape index (κ3) is 4.36. The van der Waals surface area contributed by atoms with Gasteiger partial charge in [-0.25, -0.2) is 4.79 Å². The first-order chi connectivity index (χ1) is 15.9. The molecule has 0 N–H and O–H groups in total. The lowest BCUT2D eigenvalue weighted by molar-refractivity contribution is 0.0981. The molecule has 0 saturated heterocycles. The Morgan fingerprint density at radius 3 is 2.09 bits per heavy atom. The van der Waals surface area contributed by atoms with Crippen molar-refractivity contribution in [3.05, 3.63) is 83.4 Å². The van der Waals surface area contributed by atoms with E-state index in [9.17, 15) is 9.59 Å². The largest absolute Gasteiger partial charge is 0.449 e. The molecular weight excluding hydrogens is 412 g/mol. The second kappa shape index (κ2) is 9.49. The quantitative estimate of drug-likeness (QED) is 0.472. The molecule has 33 heavy (non-hydrogen) atoms. The monoisotopic (exact) mass is 442 g/mol. The van der Waals surface area contributed by atoms with Gasteiger partial charge in [-0.1, -0.05) is 49.4 Å². The fourth-order valence-corrected chi connectivity index (χ4v) is 4.32. The maximum absolute atomic E-state index is 13.7. The van der Waals surface area contributed by atoms with Gasteiger partial charge in [0.15, 0.2) is 0 Å². The summed E-state index contributed by atoms with van der Waals surface area (Å²) in [4.78, 5) is 30.0. The molecule has 3 aromatic rings. The van der Waals surface area contributed by atoms with Gasteiger partial charge >= 0.3 is 6.09 Å². The van der Waals surface area contributed by atoms with Crippen LogP contribution in [-0.4, -0.2) is 31.2 Å². The summed E-state index contributed by atoms with van der Waals surface area (Å²) in [6.45, 7) is 8.60. The van der Waals surface area contributed by atoms with Crippen molar-refractivity contribution >= 4 is 23.4 Å². The van der Waals surface area contributed by atoms with Crippen molar-refractivity contribution in [2.45, 2.75) is 40.2 Å². The van der Waals surface area contributed by atoms with Crippen LogP contribution in [0.4, 0.5) is 16.2 Å². The molecule has 3 aromatic carbocycles. The second-order valence-electron chi connectivity index (χ2n) is 8.42. The van der Waals surface area contributed by atoms with Crippen LogP contribution in [0.15, 0.2) is 66.7 Å². The van der Waals surface area contributed by atoms with E-state index in [1.165, 1.54) is 0 Å². The number of benzene rings is 3. The molecular formula is C28H30N2O3. The Labute approximate surface area is 195 Å². The summed E-state index contributed by atoms with van der Waals surface area (Å²) in [6.07, 6.45) is 0.343. The van der Waals surface area contributed by atoms with Crippen molar-refractivity contribution in [2.75, 3.05) is 23.0 Å². The molecule has 1 atom stereocenters. The predicted octanol–water partition coefficient (Wildman–Crippen LogP) is 6.37. The zero-order chi connectivity index (χ0) is 23.5. The zero-order valence-corrected chi connectivity index (χ0v) is 19.7. The van der Waals surface area contributed by atoms with Gasteiger partial charge in [-0.3, -0.25) is 9.69 Å². The van der Waals surface area contributed by atoms with Gasteiger partial charge in [0.1, 0.15) is 0 Å². The van der Waals surface area contributed by atoms with E-state index < -0.39 is 0 Å². The number of ether oxygens (including phenoxy) is 1. The van der Waals surface area contributed by atoms with Crippen LogP contribution in [0.3, 0.4) is 0 Å². The molecule has 0 aliphatic carbocycles. The Balaban J connectivity index is 1.72. The fraction of sp³-hybridized carbons (Fsp3) is 0.286. The van der Waals surface area contributed by atoms with Crippen LogP contribution in [-0.2, 0) is 4.74 Å². The molecule has 2 amide bonds. The normalized spacial score (nSPS) is 15.2. The molecule has 0 saturated carbocycles. The zero-order valence-electron chi connectivity index (χ0n) is 19.7. The molecule has 1 heterocycles. The Morgan fingerprint density at radius 1 is 0.879 bits per heavy atom. The summed E-state index contributed by atoms with van der Waals surface area (Å²) in [5, 5.41) is 0. The summed E-state index contributed by atoms with van der Waals surface area (Å²) < 4.78 is 5.36. The first-order valence-electron chi connectivity index (χ1n) is 11.5. The molecule has 5 nitrogen and oxygen atoms in total. The third-order valence-electron chi connectivity index (χ3n) is 6.32. The number of carbonyl (C=O) groups is 2. The van der Waals surface area contributed by atoms with Gasteiger partial charge in [-0.15, -0.1) is 0 Å². The highest BCUT2D eigenvalue weighted by Gasteiger charge is 2.37. The van der Waals surface area contributed by atoms with E-state index in [4.69, 9.17) is 4.74 Å². The standard InChI is InChI=1S/C28H30N2O3/c1-5-24-18-29(25-16-19(3)20(4)17-26(25)30(24)28(32)33-6-2)27(31)23-14-12-22(13-15-23)21-10-8-7-9-11-21/h7-17,24H,5-6,18H2,1-4H3. The number of hydrogen-bond donors (Lipinski definition) is 0. The Morgan fingerprint density at radius 2 is 1.48 bits per heavy atom. The third-order valence-corrected chi connectivity index (χ3v) is 6.32. The number of carbonyl (C=O) groups excluding carboxylic acids is 2. The summed E-state index contributed by atoms with van der Waals surface area (Å²) in [7, 11) is 0. The predicted molar refractivity (Wildman–Crippen MR) is 133 cm³/mol. The molecule has 0 radical (unpaired) electrons. The number of aryl methyl sites for hydroxylation is 2. The topological polar surface area (TPSA) is 49.9 Å². The lowest BCUT2D eigenvalue weighted by Crippen LogP contribution is -2.53. The van der Waals surface area contributed by atoms with E-state index in [0.717, 1.165) is 33.6 Å². The van der Waals surface area contributed by atoms with Crippen molar-refractivity contribution in [3.63, 3.8) is 0 Å². The average molecular weight is 443 g/mol. The molecule has 4 rings (SSSR count). The van der Waals surface area contributed by atoms with Crippen LogP contribution in [0.5, 0.6) is 0 Å². The molecule has 170 valence electrons. The van der Waals surface area contributed by atoms with Gasteiger partial charge in [0.2, 0.25) is 0 Å². The van der Waals surface area contributed by atoms with Gasteiger partial charge < -0.3 is 9.64 Å². The second-order valence-corrected chi connectivity index (χ2v) is 8.42. The summed E-state index contributed by atoms with van der Waals surface area (Å²) in [5.74, 6) is -0.0685. The highest BCUT2D eigenvalue weighted by Crippen LogP contribution is 2.39. The van der Waals surface area contributed by atoms with Gasteiger partial charge in [0.05, 0.1) is 24.0 Å². The highest BCUT2D eigenvalue weighted by molar-refractivity contribution is 6.10. The van der Waals surface area contributed by atoms with Crippen LogP contribution >= 0.6 is 0 Å². The highest BCUT2D eigenvalue weighted by atomic mass is 16.6. The summed E-state index contributed by atoms with van der Waals surface area (Å²) >= 11 is 0. The minimum Gasteiger partial charge on any atom is -0.449 e. The van der Waals surface area contributed by atoms with Crippen molar-refractivity contribution in [1.82, 2.24) is 0 Å². The molecule has 0 spiro atoms. The van der Waals surface area contributed by atoms with Crippen molar-refractivity contribution in [2.24, 2.45) is 0 Å². The molecule has 0 fully saturated rings. The van der Waals surface area contributed by atoms with Crippen molar-refractivity contribution in [3.8, 4) is 11.1 Å². The number of rotatable bonds is 4. The van der Waals surface area contributed by atoms with Crippen LogP contribution < -0.4 is 9.80 Å². The number of nitrogens with zero attached hydrogens (tertiary/aromatic N) is 2. The smallest absolute Gasteiger partial charge is 0.414 e. The van der Waals surface area contributed by atoms with E-state index in [-0.39, 0.29) is 18.0 Å². The van der Waals surface area contributed by atoms with Crippen LogP contribution in [0.1, 0.15) is 41.8 Å². The van der Waals surface area contributed by atoms with Crippen LogP contribution in [0.2, 0.25) is 0 Å². The first-order valence-corrected chi connectivity index (χ1v) is 11.5. The Kier molecular flexibility index (Phi) is 6.50. The Bertz CT molecular complexity index is 1160. The first kappa shape index (κ1) is 22.6. The summed E-state index contributed by atoms with van der Waals surface area (Å²) in [5.41, 5.74) is 6.42. The van der Waals surface area contributed by atoms with Gasteiger partial charge in [-0.2, -0.15) is 0 Å². The van der Waals surface area contributed by atoms with E-state index in [0.29, 0.717) is 25.1 Å². The number of fused-ring (bicyclic) bond motifs is 1. The SMILES string of the molecule is CCOC(=O)N1c2cc(C)c(C)cc2N(C(=O)c2ccc(-c3ccccc3)cc2)CC1CC. The molecule has 5 heteroatoms. The maximum Gasteiger partial charge on any atom is 0.414 e. The lowest BCUT2D eigenvalue weighted by atomic mass is 9.99. The maximum atomic E-state index is 13.7. The summed E-state index contributed by atoms with van der Waals surface area (Å²) in [6, 6.07) is 21.7. The number of anilines is 2. The fourth-order valence-electron chi connectivity index (χ4n) is 4.32.